The summed E-state index contributed by atoms with van der Waals surface area (Å²) in [5.41, 5.74) is 3.46. The average molecular weight is 340 g/mol. The van der Waals surface area contributed by atoms with Crippen molar-refractivity contribution in [2.75, 3.05) is 5.43 Å². The lowest BCUT2D eigenvalue weighted by Gasteiger charge is -2.14. The lowest BCUT2D eigenvalue weighted by atomic mass is 10.2. The summed E-state index contributed by atoms with van der Waals surface area (Å²) in [5, 5.41) is 0.947. The number of amides is 1. The molecule has 0 atom stereocenters. The average Bonchev–Trinajstić information content (AvgIpc) is 3.42. The molecule has 1 aliphatic carbocycles. The molecule has 1 aliphatic rings. The standard InChI is InChI=1S/C18H14ClN3O2/c19-13-5-3-4-12(10-13)17(23)21-22-16(11-8-9-11)20-15-7-2-1-6-14(15)18(22)24/h1-7,10-11H,8-9H2,(H,21,23). The molecular formula is C18H14ClN3O2. The first-order valence-electron chi connectivity index (χ1n) is 7.72. The molecule has 1 saturated carbocycles. The largest absolute Gasteiger partial charge is 0.280 e. The molecule has 0 spiro atoms. The molecule has 1 aromatic heterocycles. The van der Waals surface area contributed by atoms with Crippen molar-refractivity contribution in [3.8, 4) is 0 Å². The van der Waals surface area contributed by atoms with Crippen molar-refractivity contribution in [1.82, 2.24) is 9.66 Å². The molecule has 0 bridgehead atoms. The predicted molar refractivity (Wildman–Crippen MR) is 93.1 cm³/mol. The summed E-state index contributed by atoms with van der Waals surface area (Å²) in [6.07, 6.45) is 1.94. The molecule has 1 N–H and O–H groups in total. The second-order valence-electron chi connectivity index (χ2n) is 5.85. The van der Waals surface area contributed by atoms with Gasteiger partial charge in [-0.1, -0.05) is 29.8 Å². The van der Waals surface area contributed by atoms with Gasteiger partial charge in [-0.3, -0.25) is 15.0 Å². The van der Waals surface area contributed by atoms with Crippen molar-refractivity contribution in [1.29, 1.82) is 0 Å². The lowest BCUT2D eigenvalue weighted by molar-refractivity contribution is 0.101. The van der Waals surface area contributed by atoms with Gasteiger partial charge in [0.2, 0.25) is 0 Å². The lowest BCUT2D eigenvalue weighted by Crippen LogP contribution is -2.36. The number of para-hydroxylation sites is 1. The minimum absolute atomic E-state index is 0.210. The van der Waals surface area contributed by atoms with Crippen LogP contribution in [0.1, 0.15) is 34.9 Å². The maximum absolute atomic E-state index is 12.8. The van der Waals surface area contributed by atoms with E-state index in [0.717, 1.165) is 12.8 Å². The zero-order chi connectivity index (χ0) is 16.7. The number of fused-ring (bicyclic) bond motifs is 1. The van der Waals surface area contributed by atoms with Crippen LogP contribution < -0.4 is 11.0 Å². The van der Waals surface area contributed by atoms with Crippen molar-refractivity contribution in [3.05, 3.63) is 75.3 Å². The van der Waals surface area contributed by atoms with Crippen LogP contribution >= 0.6 is 11.6 Å². The molecule has 6 heteroatoms. The zero-order valence-corrected chi connectivity index (χ0v) is 13.5. The van der Waals surface area contributed by atoms with Gasteiger partial charge in [-0.25, -0.2) is 9.66 Å². The Morgan fingerprint density at radius 3 is 2.71 bits per heavy atom. The van der Waals surface area contributed by atoms with E-state index in [1.807, 2.05) is 12.1 Å². The molecule has 0 unspecified atom stereocenters. The monoisotopic (exact) mass is 339 g/mol. The quantitative estimate of drug-likeness (QED) is 0.796. The molecule has 120 valence electrons. The van der Waals surface area contributed by atoms with Crippen molar-refractivity contribution in [2.45, 2.75) is 18.8 Å². The number of halogens is 1. The molecule has 24 heavy (non-hydrogen) atoms. The Morgan fingerprint density at radius 1 is 1.17 bits per heavy atom. The molecule has 0 saturated heterocycles. The van der Waals surface area contributed by atoms with Crippen molar-refractivity contribution in [3.63, 3.8) is 0 Å². The third-order valence-electron chi connectivity index (χ3n) is 4.04. The van der Waals surface area contributed by atoms with E-state index >= 15 is 0 Å². The van der Waals surface area contributed by atoms with Crippen molar-refractivity contribution >= 4 is 28.4 Å². The van der Waals surface area contributed by atoms with Crippen LogP contribution in [0.4, 0.5) is 0 Å². The first-order chi connectivity index (χ1) is 11.6. The van der Waals surface area contributed by atoms with Gasteiger partial charge < -0.3 is 0 Å². The highest BCUT2D eigenvalue weighted by Crippen LogP contribution is 2.38. The molecule has 0 aliphatic heterocycles. The normalized spacial score (nSPS) is 13.9. The Morgan fingerprint density at radius 2 is 1.96 bits per heavy atom. The Labute approximate surface area is 142 Å². The van der Waals surface area contributed by atoms with Crippen LogP contribution in [0.5, 0.6) is 0 Å². The smallest absolute Gasteiger partial charge is 0.267 e. The number of carbonyl (C=O) groups excluding carboxylic acids is 1. The van der Waals surface area contributed by atoms with E-state index in [-0.39, 0.29) is 11.5 Å². The number of nitrogens with zero attached hydrogens (tertiary/aromatic N) is 2. The van der Waals surface area contributed by atoms with Crippen LogP contribution in [0, 0.1) is 0 Å². The molecular weight excluding hydrogens is 326 g/mol. The Hall–Kier alpha value is -2.66. The molecule has 3 aromatic rings. The number of rotatable bonds is 3. The second-order valence-corrected chi connectivity index (χ2v) is 6.29. The van der Waals surface area contributed by atoms with Crippen LogP contribution in [0.2, 0.25) is 5.02 Å². The van der Waals surface area contributed by atoms with Gasteiger partial charge in [-0.05, 0) is 43.2 Å². The van der Waals surface area contributed by atoms with Gasteiger partial charge in [0.1, 0.15) is 5.82 Å². The molecule has 4 rings (SSSR count). The molecule has 0 radical (unpaired) electrons. The van der Waals surface area contributed by atoms with Crippen LogP contribution in [-0.2, 0) is 0 Å². The highest BCUT2D eigenvalue weighted by atomic mass is 35.5. The van der Waals surface area contributed by atoms with Gasteiger partial charge in [-0.15, -0.1) is 0 Å². The topological polar surface area (TPSA) is 64.0 Å². The number of carbonyl (C=O) groups is 1. The fourth-order valence-corrected chi connectivity index (χ4v) is 2.86. The maximum Gasteiger partial charge on any atom is 0.280 e. The van der Waals surface area contributed by atoms with Gasteiger partial charge in [0.25, 0.3) is 11.5 Å². The number of nitrogens with one attached hydrogen (secondary N) is 1. The number of hydrogen-bond donors (Lipinski definition) is 1. The maximum atomic E-state index is 12.8. The third kappa shape index (κ3) is 2.67. The minimum atomic E-state index is -0.390. The van der Waals surface area contributed by atoms with Crippen molar-refractivity contribution in [2.24, 2.45) is 0 Å². The Bertz CT molecular complexity index is 1010. The first kappa shape index (κ1) is 14.9. The minimum Gasteiger partial charge on any atom is -0.267 e. The number of aromatic nitrogens is 2. The summed E-state index contributed by atoms with van der Waals surface area (Å²) in [5.74, 6) is 0.426. The molecule has 1 heterocycles. The number of hydrogen-bond acceptors (Lipinski definition) is 3. The predicted octanol–water partition coefficient (Wildman–Crippen LogP) is 3.31. The zero-order valence-electron chi connectivity index (χ0n) is 12.7. The van der Waals surface area contributed by atoms with E-state index < -0.39 is 5.91 Å². The van der Waals surface area contributed by atoms with E-state index in [1.54, 1.807) is 36.4 Å². The van der Waals surface area contributed by atoms with E-state index in [0.29, 0.717) is 27.3 Å². The van der Waals surface area contributed by atoms with E-state index in [9.17, 15) is 9.59 Å². The molecule has 5 nitrogen and oxygen atoms in total. The molecule has 1 amide bonds. The summed E-state index contributed by atoms with van der Waals surface area (Å²) in [6, 6.07) is 13.8. The highest BCUT2D eigenvalue weighted by Gasteiger charge is 2.30. The fraction of sp³-hybridized carbons (Fsp3) is 0.167. The van der Waals surface area contributed by atoms with Gasteiger partial charge in [0.05, 0.1) is 10.9 Å². The summed E-state index contributed by atoms with van der Waals surface area (Å²) < 4.78 is 1.28. The highest BCUT2D eigenvalue weighted by molar-refractivity contribution is 6.31. The summed E-state index contributed by atoms with van der Waals surface area (Å²) in [7, 11) is 0. The van der Waals surface area contributed by atoms with Crippen LogP contribution in [0.3, 0.4) is 0 Å². The third-order valence-corrected chi connectivity index (χ3v) is 4.28. The summed E-state index contributed by atoms with van der Waals surface area (Å²) >= 11 is 5.93. The SMILES string of the molecule is O=C(Nn1c(C2CC2)nc2ccccc2c1=O)c1cccc(Cl)c1. The van der Waals surface area contributed by atoms with Crippen LogP contribution in [-0.4, -0.2) is 15.6 Å². The van der Waals surface area contributed by atoms with Crippen LogP contribution in [0.15, 0.2) is 53.3 Å². The van der Waals surface area contributed by atoms with Gasteiger partial charge in [0, 0.05) is 16.5 Å². The molecule has 2 aromatic carbocycles. The Balaban J connectivity index is 1.80. The number of benzene rings is 2. The first-order valence-corrected chi connectivity index (χ1v) is 8.10. The second kappa shape index (κ2) is 5.76. The van der Waals surface area contributed by atoms with E-state index in [4.69, 9.17) is 11.6 Å². The van der Waals surface area contributed by atoms with Crippen molar-refractivity contribution < 1.29 is 4.79 Å². The summed E-state index contributed by atoms with van der Waals surface area (Å²) in [4.78, 5) is 29.9. The van der Waals surface area contributed by atoms with E-state index in [1.165, 1.54) is 4.68 Å². The summed E-state index contributed by atoms with van der Waals surface area (Å²) in [6.45, 7) is 0. The van der Waals surface area contributed by atoms with E-state index in [2.05, 4.69) is 10.4 Å². The van der Waals surface area contributed by atoms with Gasteiger partial charge in [-0.2, -0.15) is 0 Å². The van der Waals surface area contributed by atoms with Crippen LogP contribution in [0.25, 0.3) is 10.9 Å². The molecule has 1 fully saturated rings. The Kier molecular flexibility index (Phi) is 3.58. The van der Waals surface area contributed by atoms with Gasteiger partial charge >= 0.3 is 0 Å². The fourth-order valence-electron chi connectivity index (χ4n) is 2.67. The van der Waals surface area contributed by atoms with Gasteiger partial charge in [0.15, 0.2) is 0 Å².